The summed E-state index contributed by atoms with van der Waals surface area (Å²) in [7, 11) is 0. The van der Waals surface area contributed by atoms with Crippen molar-refractivity contribution in [2.24, 2.45) is 0 Å². The molecule has 0 aliphatic carbocycles. The second-order valence-electron chi connectivity index (χ2n) is 2.43. The lowest BCUT2D eigenvalue weighted by atomic mass is 10.1. The van der Waals surface area contributed by atoms with Crippen LogP contribution in [0, 0.1) is 0 Å². The highest BCUT2D eigenvalue weighted by Crippen LogP contribution is 2.23. The van der Waals surface area contributed by atoms with Crippen molar-refractivity contribution in [1.82, 2.24) is 4.98 Å². The summed E-state index contributed by atoms with van der Waals surface area (Å²) in [6, 6.07) is 3.94. The van der Waals surface area contributed by atoms with Gasteiger partial charge in [-0.2, -0.15) is 0 Å². The Morgan fingerprint density at radius 3 is 2.91 bits per heavy atom. The minimum absolute atomic E-state index is 0.463. The average molecular weight is 279 g/mol. The quantitative estimate of drug-likeness (QED) is 0.756. The minimum Gasteiger partial charge on any atom is -0.260 e. The van der Waals surface area contributed by atoms with Crippen LogP contribution in [-0.4, -0.2) is 10.3 Å². The molecular weight excluding hydrogens is 270 g/mol. The van der Waals surface area contributed by atoms with Crippen LogP contribution in [0.15, 0.2) is 22.8 Å². The van der Waals surface area contributed by atoms with Crippen LogP contribution in [0.1, 0.15) is 18.5 Å². The number of rotatable bonds is 2. The Hall–Kier alpha value is 0.110. The Bertz CT molecular complexity index is 237. The van der Waals surface area contributed by atoms with E-state index < -0.39 is 0 Å². The molecular formula is C8H9Br2N. The van der Waals surface area contributed by atoms with E-state index in [-0.39, 0.29) is 0 Å². The maximum atomic E-state index is 4.27. The van der Waals surface area contributed by atoms with Crippen molar-refractivity contribution in [1.29, 1.82) is 0 Å². The molecule has 1 rings (SSSR count). The second-order valence-corrected chi connectivity index (χ2v) is 3.93. The second kappa shape index (κ2) is 4.21. The maximum Gasteiger partial charge on any atom is 0.0581 e. The standard InChI is InChI=1S/C8H9Br2N/c1-6(5-9)8-7(10)3-2-4-11-8/h2-4,6H,5H2,1H3. The zero-order valence-electron chi connectivity index (χ0n) is 6.22. The Morgan fingerprint density at radius 2 is 2.36 bits per heavy atom. The smallest absolute Gasteiger partial charge is 0.0581 e. The van der Waals surface area contributed by atoms with E-state index in [0.29, 0.717) is 5.92 Å². The fraction of sp³-hybridized carbons (Fsp3) is 0.375. The molecule has 1 aromatic heterocycles. The Balaban J connectivity index is 2.93. The summed E-state index contributed by atoms with van der Waals surface area (Å²) in [6.07, 6.45) is 1.82. The van der Waals surface area contributed by atoms with E-state index in [9.17, 15) is 0 Å². The molecule has 0 aliphatic rings. The molecule has 0 radical (unpaired) electrons. The van der Waals surface area contributed by atoms with Crippen molar-refractivity contribution in [3.05, 3.63) is 28.5 Å². The first-order valence-electron chi connectivity index (χ1n) is 3.42. The van der Waals surface area contributed by atoms with E-state index in [1.54, 1.807) is 0 Å². The zero-order valence-corrected chi connectivity index (χ0v) is 9.39. The number of hydrogen-bond acceptors (Lipinski definition) is 1. The predicted molar refractivity (Wildman–Crippen MR) is 54.1 cm³/mol. The summed E-state index contributed by atoms with van der Waals surface area (Å²) in [5.41, 5.74) is 1.12. The van der Waals surface area contributed by atoms with E-state index in [2.05, 4.69) is 43.8 Å². The lowest BCUT2D eigenvalue weighted by Gasteiger charge is -2.07. The number of aromatic nitrogens is 1. The highest BCUT2D eigenvalue weighted by atomic mass is 79.9. The molecule has 0 aliphatic heterocycles. The Morgan fingerprint density at radius 1 is 1.64 bits per heavy atom. The Kier molecular flexibility index (Phi) is 3.52. The molecule has 0 fully saturated rings. The summed E-state index contributed by atoms with van der Waals surface area (Å²) < 4.78 is 1.09. The van der Waals surface area contributed by atoms with Crippen LogP contribution in [0.2, 0.25) is 0 Å². The van der Waals surface area contributed by atoms with E-state index in [1.165, 1.54) is 0 Å². The highest BCUT2D eigenvalue weighted by Gasteiger charge is 2.07. The number of pyridine rings is 1. The average Bonchev–Trinajstić information content (AvgIpc) is 2.04. The zero-order chi connectivity index (χ0) is 8.27. The molecule has 1 atom stereocenters. The molecule has 0 bridgehead atoms. The third-order valence-electron chi connectivity index (χ3n) is 1.49. The van der Waals surface area contributed by atoms with Gasteiger partial charge in [0.1, 0.15) is 0 Å². The molecule has 0 N–H and O–H groups in total. The first kappa shape index (κ1) is 9.20. The summed E-state index contributed by atoms with van der Waals surface area (Å²) in [4.78, 5) is 4.27. The van der Waals surface area contributed by atoms with Gasteiger partial charge in [-0.1, -0.05) is 22.9 Å². The number of alkyl halides is 1. The Labute approximate surface area is 83.5 Å². The van der Waals surface area contributed by atoms with E-state index in [4.69, 9.17) is 0 Å². The third kappa shape index (κ3) is 2.27. The maximum absolute atomic E-state index is 4.27. The van der Waals surface area contributed by atoms with E-state index in [0.717, 1.165) is 15.5 Å². The van der Waals surface area contributed by atoms with Crippen molar-refractivity contribution in [3.8, 4) is 0 Å². The van der Waals surface area contributed by atoms with Crippen LogP contribution in [0.25, 0.3) is 0 Å². The molecule has 11 heavy (non-hydrogen) atoms. The van der Waals surface area contributed by atoms with E-state index >= 15 is 0 Å². The van der Waals surface area contributed by atoms with Gasteiger partial charge in [-0.25, -0.2) is 0 Å². The number of nitrogens with zero attached hydrogens (tertiary/aromatic N) is 1. The molecule has 1 nitrogen and oxygen atoms in total. The molecule has 0 saturated carbocycles. The van der Waals surface area contributed by atoms with Gasteiger partial charge < -0.3 is 0 Å². The topological polar surface area (TPSA) is 12.9 Å². The van der Waals surface area contributed by atoms with Gasteiger partial charge >= 0.3 is 0 Å². The van der Waals surface area contributed by atoms with Crippen molar-refractivity contribution in [2.75, 3.05) is 5.33 Å². The SMILES string of the molecule is CC(CBr)c1ncccc1Br. The van der Waals surface area contributed by atoms with Gasteiger partial charge in [0.05, 0.1) is 5.69 Å². The van der Waals surface area contributed by atoms with Crippen molar-refractivity contribution < 1.29 is 0 Å². The van der Waals surface area contributed by atoms with Gasteiger partial charge in [0.25, 0.3) is 0 Å². The van der Waals surface area contributed by atoms with Crippen molar-refractivity contribution >= 4 is 31.9 Å². The van der Waals surface area contributed by atoms with Crippen LogP contribution in [0.3, 0.4) is 0 Å². The molecule has 60 valence electrons. The lowest BCUT2D eigenvalue weighted by molar-refractivity contribution is 0.834. The molecule has 1 aromatic rings. The molecule has 3 heteroatoms. The number of halogens is 2. The highest BCUT2D eigenvalue weighted by molar-refractivity contribution is 9.10. The lowest BCUT2D eigenvalue weighted by Crippen LogP contribution is -1.98. The largest absolute Gasteiger partial charge is 0.260 e. The monoisotopic (exact) mass is 277 g/mol. The van der Waals surface area contributed by atoms with Crippen LogP contribution >= 0.6 is 31.9 Å². The first-order valence-corrected chi connectivity index (χ1v) is 5.33. The van der Waals surface area contributed by atoms with Crippen molar-refractivity contribution in [2.45, 2.75) is 12.8 Å². The van der Waals surface area contributed by atoms with E-state index in [1.807, 2.05) is 18.3 Å². The summed E-state index contributed by atoms with van der Waals surface area (Å²) in [5, 5.41) is 0.947. The van der Waals surface area contributed by atoms with Crippen LogP contribution in [0.4, 0.5) is 0 Å². The first-order chi connectivity index (χ1) is 5.25. The third-order valence-corrected chi connectivity index (χ3v) is 3.13. The van der Waals surface area contributed by atoms with Crippen LogP contribution < -0.4 is 0 Å². The van der Waals surface area contributed by atoms with Gasteiger partial charge in [-0.15, -0.1) is 0 Å². The van der Waals surface area contributed by atoms with Gasteiger partial charge in [-0.3, -0.25) is 4.98 Å². The molecule has 0 saturated heterocycles. The normalized spacial score (nSPS) is 13.0. The van der Waals surface area contributed by atoms with Gasteiger partial charge in [0.2, 0.25) is 0 Å². The molecule has 0 aromatic carbocycles. The molecule has 0 spiro atoms. The summed E-state index contributed by atoms with van der Waals surface area (Å²) >= 11 is 6.88. The molecule has 0 amide bonds. The molecule has 1 unspecified atom stereocenters. The molecule has 1 heterocycles. The van der Waals surface area contributed by atoms with Crippen LogP contribution in [0.5, 0.6) is 0 Å². The van der Waals surface area contributed by atoms with Gasteiger partial charge in [-0.05, 0) is 28.1 Å². The van der Waals surface area contributed by atoms with Gasteiger partial charge in [0.15, 0.2) is 0 Å². The van der Waals surface area contributed by atoms with Crippen molar-refractivity contribution in [3.63, 3.8) is 0 Å². The van der Waals surface area contributed by atoms with Gasteiger partial charge in [0, 0.05) is 21.9 Å². The van der Waals surface area contributed by atoms with Crippen LogP contribution in [-0.2, 0) is 0 Å². The fourth-order valence-corrected chi connectivity index (χ4v) is 1.79. The summed E-state index contributed by atoms with van der Waals surface area (Å²) in [5.74, 6) is 0.463. The fourth-order valence-electron chi connectivity index (χ4n) is 0.834. The number of hydrogen-bond donors (Lipinski definition) is 0. The predicted octanol–water partition coefficient (Wildman–Crippen LogP) is 3.34. The minimum atomic E-state index is 0.463. The summed E-state index contributed by atoms with van der Waals surface area (Å²) in [6.45, 7) is 2.14.